The lowest BCUT2D eigenvalue weighted by Gasteiger charge is -2.08. The number of benzene rings is 2. The van der Waals surface area contributed by atoms with E-state index in [1.165, 1.54) is 58.5 Å². The quantitative estimate of drug-likeness (QED) is 0.0933. The van der Waals surface area contributed by atoms with Gasteiger partial charge in [0.25, 0.3) is 5.91 Å². The van der Waals surface area contributed by atoms with Gasteiger partial charge < -0.3 is 36.5 Å². The first-order valence-corrected chi connectivity index (χ1v) is 17.8. The molecule has 9 aromatic rings. The van der Waals surface area contributed by atoms with Crippen molar-refractivity contribution < 1.29 is 31.4 Å². The second kappa shape index (κ2) is 17.8. The van der Waals surface area contributed by atoms with Crippen LogP contribution < -0.4 is 22.5 Å². The summed E-state index contributed by atoms with van der Waals surface area (Å²) < 4.78 is 68.3. The molecule has 62 heavy (non-hydrogen) atoms. The molecule has 0 aliphatic heterocycles. The summed E-state index contributed by atoms with van der Waals surface area (Å²) in [5.74, 6) is -3.64. The number of nitrogens with zero attached hydrogens (tertiary/aromatic N) is 10. The molecule has 0 saturated heterocycles. The maximum atomic E-state index is 14.3. The van der Waals surface area contributed by atoms with Gasteiger partial charge in [-0.1, -0.05) is 34.6 Å². The number of aromatic amines is 1. The van der Waals surface area contributed by atoms with Gasteiger partial charge in [0.1, 0.15) is 46.7 Å². The molecule has 0 aliphatic rings. The van der Waals surface area contributed by atoms with Crippen LogP contribution in [-0.4, -0.2) is 60.7 Å². The first-order valence-electron chi connectivity index (χ1n) is 17.8. The lowest BCUT2D eigenvalue weighted by molar-refractivity contribution is 0.102. The summed E-state index contributed by atoms with van der Waals surface area (Å²) in [7, 11) is 0. The van der Waals surface area contributed by atoms with Gasteiger partial charge in [-0.15, -0.1) is 12.4 Å². The van der Waals surface area contributed by atoms with Gasteiger partial charge in [0.05, 0.1) is 42.6 Å². The Balaban J connectivity index is 0.000000188. The summed E-state index contributed by atoms with van der Waals surface area (Å²) in [6.07, 6.45) is 7.13. The lowest BCUT2D eigenvalue weighted by atomic mass is 10.2. The van der Waals surface area contributed by atoms with Crippen LogP contribution in [0, 0.1) is 23.3 Å². The predicted molar refractivity (Wildman–Crippen MR) is 218 cm³/mol. The van der Waals surface area contributed by atoms with Crippen LogP contribution in [0.3, 0.4) is 0 Å². The fraction of sp³-hybridized carbons (Fsp3) is 0.0513. The number of amides is 1. The summed E-state index contributed by atoms with van der Waals surface area (Å²) in [5.41, 5.74) is 21.0. The SMILES string of the molecule is Cl.Nc1cnc(-c2cc(-c3ccon3)n(Cc3cccc(F)c3F)n2)nc1N.Nc1nc(-c2cc(-c3ccon3)n(Cc3cccc(F)c3F)n2)ncc1NC(=O)c1ccc[nH]1. The maximum absolute atomic E-state index is 14.3. The van der Waals surface area contributed by atoms with Crippen molar-refractivity contribution in [2.75, 3.05) is 22.5 Å². The van der Waals surface area contributed by atoms with E-state index >= 15 is 0 Å². The molecule has 2 aromatic carbocycles. The number of hydrogen-bond donors (Lipinski definition) is 5. The van der Waals surface area contributed by atoms with E-state index in [2.05, 4.69) is 50.7 Å². The number of hydrogen-bond acceptors (Lipinski definition) is 14. The second-order valence-electron chi connectivity index (χ2n) is 12.9. The minimum atomic E-state index is -0.965. The molecule has 0 radical (unpaired) electrons. The third kappa shape index (κ3) is 8.79. The maximum Gasteiger partial charge on any atom is 0.272 e. The van der Waals surface area contributed by atoms with Crippen LogP contribution in [-0.2, 0) is 13.1 Å². The van der Waals surface area contributed by atoms with Gasteiger partial charge in [-0.3, -0.25) is 14.2 Å². The van der Waals surface area contributed by atoms with Crippen LogP contribution in [0.25, 0.3) is 45.8 Å². The number of nitrogens with one attached hydrogen (secondary N) is 2. The monoisotopic (exact) mass is 867 g/mol. The number of halogens is 5. The fourth-order valence-corrected chi connectivity index (χ4v) is 5.86. The van der Waals surface area contributed by atoms with E-state index in [1.807, 2.05) is 0 Å². The van der Waals surface area contributed by atoms with Crippen LogP contribution in [0.2, 0.25) is 0 Å². The zero-order valence-electron chi connectivity index (χ0n) is 31.6. The molecule has 7 aromatic heterocycles. The summed E-state index contributed by atoms with van der Waals surface area (Å²) in [6.45, 7) is -0.109. The van der Waals surface area contributed by atoms with Gasteiger partial charge in [-0.05, 0) is 36.4 Å². The number of aromatic nitrogens is 11. The minimum Gasteiger partial charge on any atom is -0.394 e. The Kier molecular flexibility index (Phi) is 12.0. The van der Waals surface area contributed by atoms with E-state index in [0.29, 0.717) is 39.9 Å². The average molecular weight is 868 g/mol. The highest BCUT2D eigenvalue weighted by molar-refractivity contribution is 6.04. The third-order valence-corrected chi connectivity index (χ3v) is 8.88. The zero-order valence-corrected chi connectivity index (χ0v) is 32.4. The molecule has 18 nitrogen and oxygen atoms in total. The Hall–Kier alpha value is -8.40. The van der Waals surface area contributed by atoms with E-state index in [9.17, 15) is 22.4 Å². The number of nitrogen functional groups attached to an aromatic ring is 3. The van der Waals surface area contributed by atoms with Crippen molar-refractivity contribution in [3.8, 4) is 45.8 Å². The van der Waals surface area contributed by atoms with Crippen LogP contribution >= 0.6 is 12.4 Å². The number of rotatable bonds is 10. The van der Waals surface area contributed by atoms with Gasteiger partial charge in [0, 0.05) is 29.5 Å². The summed E-state index contributed by atoms with van der Waals surface area (Å²) in [4.78, 5) is 31.7. The smallest absolute Gasteiger partial charge is 0.272 e. The van der Waals surface area contributed by atoms with E-state index in [4.69, 9.17) is 26.2 Å². The van der Waals surface area contributed by atoms with Crippen molar-refractivity contribution >= 4 is 41.3 Å². The number of nitrogens with two attached hydrogens (primary N) is 3. The fourth-order valence-electron chi connectivity index (χ4n) is 5.86. The molecule has 0 unspecified atom stereocenters. The van der Waals surface area contributed by atoms with Crippen LogP contribution in [0.5, 0.6) is 0 Å². The zero-order chi connectivity index (χ0) is 42.6. The van der Waals surface area contributed by atoms with Gasteiger partial charge in [-0.25, -0.2) is 37.5 Å². The van der Waals surface area contributed by atoms with Crippen LogP contribution in [0.1, 0.15) is 21.6 Å². The van der Waals surface area contributed by atoms with E-state index < -0.39 is 29.2 Å². The molecule has 0 bridgehead atoms. The number of anilines is 4. The Bertz CT molecular complexity index is 2980. The first kappa shape index (κ1) is 41.7. The number of carbonyl (C=O) groups excluding carboxylic acids is 1. The van der Waals surface area contributed by atoms with E-state index in [-0.39, 0.29) is 71.3 Å². The minimum absolute atomic E-state index is 0. The van der Waals surface area contributed by atoms with Crippen molar-refractivity contribution in [3.63, 3.8) is 0 Å². The third-order valence-electron chi connectivity index (χ3n) is 8.88. The molecule has 0 saturated carbocycles. The summed E-state index contributed by atoms with van der Waals surface area (Å²) in [5, 5.41) is 19.3. The molecular weight excluding hydrogens is 838 g/mol. The molecule has 0 aliphatic carbocycles. The lowest BCUT2D eigenvalue weighted by Crippen LogP contribution is -2.14. The second-order valence-corrected chi connectivity index (χ2v) is 12.9. The highest BCUT2D eigenvalue weighted by atomic mass is 35.5. The molecule has 7 heterocycles. The normalized spacial score (nSPS) is 10.8. The number of carbonyl (C=O) groups is 1. The Morgan fingerprint density at radius 2 is 1.21 bits per heavy atom. The highest BCUT2D eigenvalue weighted by Crippen LogP contribution is 2.28. The molecule has 23 heteroatoms. The molecule has 9 rings (SSSR count). The Labute approximate surface area is 352 Å². The highest BCUT2D eigenvalue weighted by Gasteiger charge is 2.21. The van der Waals surface area contributed by atoms with Gasteiger partial charge >= 0.3 is 0 Å². The molecule has 314 valence electrons. The largest absolute Gasteiger partial charge is 0.394 e. The predicted octanol–water partition coefficient (Wildman–Crippen LogP) is 6.39. The summed E-state index contributed by atoms with van der Waals surface area (Å²) in [6, 6.07) is 17.7. The van der Waals surface area contributed by atoms with Crippen molar-refractivity contribution in [3.05, 3.63) is 144 Å². The number of H-pyrrole nitrogens is 1. The van der Waals surface area contributed by atoms with Crippen molar-refractivity contribution in [1.82, 2.24) is 54.8 Å². The van der Waals surface area contributed by atoms with Crippen molar-refractivity contribution in [1.29, 1.82) is 0 Å². The first-order chi connectivity index (χ1) is 29.5. The van der Waals surface area contributed by atoms with Crippen LogP contribution in [0.4, 0.5) is 40.6 Å². The average Bonchev–Trinajstić information content (AvgIpc) is 4.11. The van der Waals surface area contributed by atoms with E-state index in [1.54, 1.807) is 42.6 Å². The summed E-state index contributed by atoms with van der Waals surface area (Å²) >= 11 is 0. The van der Waals surface area contributed by atoms with E-state index in [0.717, 1.165) is 12.1 Å². The molecule has 8 N–H and O–H groups in total. The molecule has 0 fully saturated rings. The topological polar surface area (TPSA) is 262 Å². The Morgan fingerprint density at radius 3 is 1.68 bits per heavy atom. The van der Waals surface area contributed by atoms with Crippen LogP contribution in [0.15, 0.2) is 113 Å². The molecule has 1 amide bonds. The van der Waals surface area contributed by atoms with Gasteiger partial charge in [0.2, 0.25) is 0 Å². The van der Waals surface area contributed by atoms with Gasteiger partial charge in [-0.2, -0.15) is 10.2 Å². The van der Waals surface area contributed by atoms with Crippen molar-refractivity contribution in [2.45, 2.75) is 13.1 Å². The standard InChI is InChI=1S/C22H16F2N8O2.C17H13F2N7O.ClH/c23-13-4-1-3-12(19(13)24)11-32-18(14-6-8-34-31-14)9-16(30-32)21-27-10-17(20(25)29-21)28-22(33)15-5-2-7-26-15;18-10-3-1-2-9(15(10)19)8-26-14(12-4-5-27-25-12)6-13(24-26)17-22-7-11(20)16(21)23-17;/h1-10,26H,11H2,(H,28,33)(H2,25,27,29);1-7H,8,20H2,(H2,21,22,23);1H. The molecular formula is C39H30ClF4N15O3. The van der Waals surface area contributed by atoms with Gasteiger partial charge in [0.15, 0.2) is 46.6 Å². The molecule has 0 spiro atoms. The van der Waals surface area contributed by atoms with Crippen molar-refractivity contribution in [2.24, 2.45) is 0 Å². The Morgan fingerprint density at radius 1 is 0.677 bits per heavy atom. The molecule has 0 atom stereocenters.